The average molecular weight is 367 g/mol. The first kappa shape index (κ1) is 15.4. The van der Waals surface area contributed by atoms with Gasteiger partial charge in [-0.25, -0.2) is 0 Å². The van der Waals surface area contributed by atoms with Gasteiger partial charge >= 0.3 is 0 Å². The highest BCUT2D eigenvalue weighted by molar-refractivity contribution is 9.11. The molecule has 0 radical (unpaired) electrons. The Kier molecular flexibility index (Phi) is 5.42. The fourth-order valence-electron chi connectivity index (χ4n) is 2.24. The molecular weight excluding hydrogens is 348 g/mol. The SMILES string of the molecule is CN(Cc1csc(Br)c1)S(=O)(=O)N1CCCCCC1. The van der Waals surface area contributed by atoms with Crippen LogP contribution in [-0.2, 0) is 16.8 Å². The van der Waals surface area contributed by atoms with Gasteiger partial charge < -0.3 is 0 Å². The molecule has 1 fully saturated rings. The Balaban J connectivity index is 2.05. The molecule has 7 heteroatoms. The number of hydrogen-bond donors (Lipinski definition) is 0. The van der Waals surface area contributed by atoms with Gasteiger partial charge in [0.25, 0.3) is 10.2 Å². The molecule has 0 amide bonds. The molecule has 0 saturated carbocycles. The van der Waals surface area contributed by atoms with Gasteiger partial charge in [0.15, 0.2) is 0 Å². The monoisotopic (exact) mass is 366 g/mol. The summed E-state index contributed by atoms with van der Waals surface area (Å²) in [6, 6.07) is 1.97. The van der Waals surface area contributed by atoms with Crippen LogP contribution in [-0.4, -0.2) is 37.2 Å². The number of halogens is 1. The van der Waals surface area contributed by atoms with Crippen molar-refractivity contribution in [3.05, 3.63) is 20.8 Å². The molecule has 0 aliphatic carbocycles. The van der Waals surface area contributed by atoms with E-state index in [1.807, 2.05) is 11.4 Å². The molecule has 1 aliphatic heterocycles. The smallest absolute Gasteiger partial charge is 0.195 e. The highest BCUT2D eigenvalue weighted by Gasteiger charge is 2.27. The predicted octanol–water partition coefficient (Wildman–Crippen LogP) is 3.06. The summed E-state index contributed by atoms with van der Waals surface area (Å²) in [5.41, 5.74) is 1.03. The summed E-state index contributed by atoms with van der Waals surface area (Å²) in [6.45, 7) is 1.74. The molecule has 108 valence electrons. The molecular formula is C12H19BrN2O2S2. The van der Waals surface area contributed by atoms with E-state index < -0.39 is 10.2 Å². The standard InChI is InChI=1S/C12H19BrN2O2S2/c1-14(9-11-8-12(13)18-10-11)19(16,17)15-6-4-2-3-5-7-15/h8,10H,2-7,9H2,1H3. The molecule has 0 N–H and O–H groups in total. The molecule has 0 bridgehead atoms. The number of hydrogen-bond acceptors (Lipinski definition) is 3. The van der Waals surface area contributed by atoms with Crippen molar-refractivity contribution in [1.82, 2.24) is 8.61 Å². The van der Waals surface area contributed by atoms with E-state index in [-0.39, 0.29) is 0 Å². The first-order valence-corrected chi connectivity index (χ1v) is 9.51. The molecule has 2 rings (SSSR count). The molecule has 4 nitrogen and oxygen atoms in total. The van der Waals surface area contributed by atoms with Crippen molar-refractivity contribution in [1.29, 1.82) is 0 Å². The largest absolute Gasteiger partial charge is 0.282 e. The van der Waals surface area contributed by atoms with Gasteiger partial charge in [-0.05, 0) is 45.8 Å². The van der Waals surface area contributed by atoms with Gasteiger partial charge in [-0.3, -0.25) is 0 Å². The van der Waals surface area contributed by atoms with E-state index in [1.54, 1.807) is 22.7 Å². The van der Waals surface area contributed by atoms with Crippen LogP contribution in [0.5, 0.6) is 0 Å². The molecule has 1 aliphatic rings. The Morgan fingerprint density at radius 3 is 2.47 bits per heavy atom. The molecule has 0 atom stereocenters. The molecule has 0 unspecified atom stereocenters. The fraction of sp³-hybridized carbons (Fsp3) is 0.667. The van der Waals surface area contributed by atoms with Crippen LogP contribution in [0.15, 0.2) is 15.2 Å². The number of thiophene rings is 1. The van der Waals surface area contributed by atoms with Gasteiger partial charge in [0.2, 0.25) is 0 Å². The van der Waals surface area contributed by atoms with Crippen molar-refractivity contribution in [2.45, 2.75) is 32.2 Å². The third-order valence-corrected chi connectivity index (χ3v) is 6.80. The minimum atomic E-state index is -3.32. The van der Waals surface area contributed by atoms with Crippen molar-refractivity contribution in [2.24, 2.45) is 0 Å². The van der Waals surface area contributed by atoms with E-state index in [0.717, 1.165) is 35.0 Å². The maximum Gasteiger partial charge on any atom is 0.282 e. The average Bonchev–Trinajstić information content (AvgIpc) is 2.63. The van der Waals surface area contributed by atoms with Crippen LogP contribution in [0.1, 0.15) is 31.2 Å². The first-order chi connectivity index (χ1) is 9.00. The molecule has 1 aromatic heterocycles. The van der Waals surface area contributed by atoms with Gasteiger partial charge in [0.1, 0.15) is 0 Å². The summed E-state index contributed by atoms with van der Waals surface area (Å²) in [4.78, 5) is 0. The lowest BCUT2D eigenvalue weighted by Gasteiger charge is -2.26. The minimum Gasteiger partial charge on any atom is -0.195 e. The minimum absolute atomic E-state index is 0.431. The topological polar surface area (TPSA) is 40.6 Å². The molecule has 0 spiro atoms. The zero-order valence-corrected chi connectivity index (χ0v) is 14.2. The van der Waals surface area contributed by atoms with Crippen LogP contribution in [0.3, 0.4) is 0 Å². The quantitative estimate of drug-likeness (QED) is 0.821. The molecule has 0 aromatic carbocycles. The molecule has 2 heterocycles. The summed E-state index contributed by atoms with van der Waals surface area (Å²) < 4.78 is 29.1. The number of rotatable bonds is 4. The van der Waals surface area contributed by atoms with Gasteiger partial charge in [-0.2, -0.15) is 17.0 Å². The Labute approximate surface area is 127 Å². The van der Waals surface area contributed by atoms with Crippen molar-refractivity contribution < 1.29 is 8.42 Å². The molecule has 1 saturated heterocycles. The summed E-state index contributed by atoms with van der Waals surface area (Å²) in [5, 5.41) is 1.98. The van der Waals surface area contributed by atoms with Crippen LogP contribution >= 0.6 is 27.3 Å². The van der Waals surface area contributed by atoms with Crippen molar-refractivity contribution in [3.8, 4) is 0 Å². The van der Waals surface area contributed by atoms with Crippen LogP contribution < -0.4 is 0 Å². The maximum absolute atomic E-state index is 12.5. The molecule has 1 aromatic rings. The van der Waals surface area contributed by atoms with Crippen molar-refractivity contribution in [2.75, 3.05) is 20.1 Å². The van der Waals surface area contributed by atoms with Gasteiger partial charge in [0.05, 0.1) is 3.79 Å². The second-order valence-electron chi connectivity index (χ2n) is 4.84. The third kappa shape index (κ3) is 4.01. The van der Waals surface area contributed by atoms with Crippen LogP contribution in [0, 0.1) is 0 Å². The normalized spacial score (nSPS) is 18.7. The second kappa shape index (κ2) is 6.67. The van der Waals surface area contributed by atoms with E-state index >= 15 is 0 Å². The zero-order valence-electron chi connectivity index (χ0n) is 11.0. The highest BCUT2D eigenvalue weighted by Crippen LogP contribution is 2.23. The lowest BCUT2D eigenvalue weighted by Crippen LogP contribution is -2.41. The lowest BCUT2D eigenvalue weighted by molar-refractivity contribution is 0.363. The van der Waals surface area contributed by atoms with E-state index in [9.17, 15) is 8.42 Å². The Hall–Kier alpha value is 0.0500. The summed E-state index contributed by atoms with van der Waals surface area (Å²) >= 11 is 4.98. The van der Waals surface area contributed by atoms with Crippen LogP contribution in [0.4, 0.5) is 0 Å². The predicted molar refractivity (Wildman–Crippen MR) is 82.4 cm³/mol. The maximum atomic E-state index is 12.5. The van der Waals surface area contributed by atoms with E-state index in [1.165, 1.54) is 4.31 Å². The van der Waals surface area contributed by atoms with E-state index in [4.69, 9.17) is 0 Å². The fourth-order valence-corrected chi connectivity index (χ4v) is 4.86. The second-order valence-corrected chi connectivity index (χ2v) is 9.16. The first-order valence-electron chi connectivity index (χ1n) is 6.44. The van der Waals surface area contributed by atoms with E-state index in [0.29, 0.717) is 19.6 Å². The van der Waals surface area contributed by atoms with Crippen molar-refractivity contribution >= 4 is 37.5 Å². The Morgan fingerprint density at radius 1 is 1.32 bits per heavy atom. The third-order valence-electron chi connectivity index (χ3n) is 3.31. The Bertz CT molecular complexity index is 508. The van der Waals surface area contributed by atoms with E-state index in [2.05, 4.69) is 15.9 Å². The highest BCUT2D eigenvalue weighted by atomic mass is 79.9. The van der Waals surface area contributed by atoms with Gasteiger partial charge in [-0.1, -0.05) is 12.8 Å². The zero-order chi connectivity index (χ0) is 13.9. The Morgan fingerprint density at radius 2 is 1.95 bits per heavy atom. The lowest BCUT2D eigenvalue weighted by atomic mass is 10.2. The number of nitrogens with zero attached hydrogens (tertiary/aromatic N) is 2. The summed E-state index contributed by atoms with van der Waals surface area (Å²) in [6.07, 6.45) is 4.20. The van der Waals surface area contributed by atoms with Crippen molar-refractivity contribution in [3.63, 3.8) is 0 Å². The summed E-state index contributed by atoms with van der Waals surface area (Å²) in [7, 11) is -1.66. The molecule has 19 heavy (non-hydrogen) atoms. The van der Waals surface area contributed by atoms with Crippen LogP contribution in [0.2, 0.25) is 0 Å². The van der Waals surface area contributed by atoms with Gasteiger partial charge in [0, 0.05) is 26.7 Å². The summed E-state index contributed by atoms with van der Waals surface area (Å²) in [5.74, 6) is 0. The van der Waals surface area contributed by atoms with Gasteiger partial charge in [-0.15, -0.1) is 11.3 Å². The van der Waals surface area contributed by atoms with Crippen LogP contribution in [0.25, 0.3) is 0 Å².